The minimum Gasteiger partial charge on any atom is -0.423 e. The van der Waals surface area contributed by atoms with Crippen LogP contribution in [-0.2, 0) is 24.7 Å². The van der Waals surface area contributed by atoms with E-state index < -0.39 is 12.9 Å². The third-order valence-corrected chi connectivity index (χ3v) is 7.58. The molecular formula is C32H28BBrO8. The molecule has 0 saturated carbocycles. The van der Waals surface area contributed by atoms with Gasteiger partial charge in [0.15, 0.2) is 12.1 Å². The summed E-state index contributed by atoms with van der Waals surface area (Å²) in [4.78, 5) is 22.9. The molecule has 2 aliphatic heterocycles. The summed E-state index contributed by atoms with van der Waals surface area (Å²) >= 11 is 3.63. The van der Waals surface area contributed by atoms with Crippen LogP contribution in [0.5, 0.6) is 0 Å². The van der Waals surface area contributed by atoms with Gasteiger partial charge in [-0.15, -0.1) is 0 Å². The molecule has 0 aliphatic carbocycles. The van der Waals surface area contributed by atoms with Gasteiger partial charge < -0.3 is 29.0 Å². The Hall–Kier alpha value is -3.48. The van der Waals surface area contributed by atoms with Crippen molar-refractivity contribution in [2.45, 2.75) is 12.1 Å². The molecular weight excluding hydrogens is 603 g/mol. The molecule has 2 heterocycles. The SMILES string of the molecule is Brc1cc(C2(c3ccccc3)OCCO2)ccc1C1OCCO1.O=Cc1ccc(C(=O)c2ccccc2)cc1B(O)O. The lowest BCUT2D eigenvalue weighted by atomic mass is 9.76. The third kappa shape index (κ3) is 6.45. The Kier molecular flexibility index (Phi) is 9.76. The number of aldehydes is 1. The van der Waals surface area contributed by atoms with Crippen molar-refractivity contribution in [3.8, 4) is 0 Å². The van der Waals surface area contributed by atoms with E-state index in [9.17, 15) is 19.6 Å². The van der Waals surface area contributed by atoms with Gasteiger partial charge in [0, 0.05) is 37.9 Å². The summed E-state index contributed by atoms with van der Waals surface area (Å²) in [5.41, 5.74) is 3.91. The van der Waals surface area contributed by atoms with Crippen LogP contribution in [0, 0.1) is 0 Å². The van der Waals surface area contributed by atoms with Crippen LogP contribution in [0.25, 0.3) is 0 Å². The van der Waals surface area contributed by atoms with E-state index >= 15 is 0 Å². The van der Waals surface area contributed by atoms with E-state index in [2.05, 4.69) is 15.9 Å². The van der Waals surface area contributed by atoms with Gasteiger partial charge in [-0.25, -0.2) is 0 Å². The number of ether oxygens (including phenoxy) is 4. The van der Waals surface area contributed by atoms with Crippen LogP contribution in [0.4, 0.5) is 0 Å². The van der Waals surface area contributed by atoms with E-state index in [1.807, 2.05) is 48.5 Å². The standard InChI is InChI=1S/C18H17BrO4.C14H11BO4/c19-16-12-14(6-7-15(16)17-20-8-9-21-17)18(22-10-11-23-18)13-4-2-1-3-5-13;16-9-12-7-6-11(8-13(12)15(18)19)14(17)10-4-2-1-3-5-10/h1-7,12,17H,8-11H2;1-9,18-19H. The predicted octanol–water partition coefficient (Wildman–Crippen LogP) is 4.15. The van der Waals surface area contributed by atoms with Crippen molar-refractivity contribution in [1.82, 2.24) is 0 Å². The van der Waals surface area contributed by atoms with Gasteiger partial charge in [-0.05, 0) is 11.5 Å². The van der Waals surface area contributed by atoms with E-state index in [0.717, 1.165) is 21.2 Å². The van der Waals surface area contributed by atoms with Crippen LogP contribution in [0.1, 0.15) is 49.3 Å². The fourth-order valence-corrected chi connectivity index (χ4v) is 5.40. The van der Waals surface area contributed by atoms with Gasteiger partial charge in [-0.3, -0.25) is 9.59 Å². The monoisotopic (exact) mass is 630 g/mol. The maximum Gasteiger partial charge on any atom is 0.489 e. The molecule has 2 N–H and O–H groups in total. The molecule has 42 heavy (non-hydrogen) atoms. The second-order valence-corrected chi connectivity index (χ2v) is 10.4. The number of ketones is 1. The summed E-state index contributed by atoms with van der Waals surface area (Å²) < 4.78 is 24.1. The van der Waals surface area contributed by atoms with Crippen LogP contribution in [0.2, 0.25) is 0 Å². The van der Waals surface area contributed by atoms with E-state index in [0.29, 0.717) is 43.8 Å². The molecule has 0 spiro atoms. The molecule has 10 heteroatoms. The highest BCUT2D eigenvalue weighted by molar-refractivity contribution is 9.10. The first kappa shape index (κ1) is 30.0. The lowest BCUT2D eigenvalue weighted by Gasteiger charge is -2.29. The average molecular weight is 631 g/mol. The van der Waals surface area contributed by atoms with Crippen molar-refractivity contribution < 1.29 is 38.6 Å². The largest absolute Gasteiger partial charge is 0.489 e. The highest BCUT2D eigenvalue weighted by Gasteiger charge is 2.41. The lowest BCUT2D eigenvalue weighted by molar-refractivity contribution is -0.130. The van der Waals surface area contributed by atoms with Gasteiger partial charge in [0.2, 0.25) is 5.79 Å². The molecule has 8 nitrogen and oxygen atoms in total. The minimum atomic E-state index is -1.79. The summed E-state index contributed by atoms with van der Waals surface area (Å²) in [6.45, 7) is 2.39. The number of carbonyl (C=O) groups excluding carboxylic acids is 2. The number of carbonyl (C=O) groups is 2. The molecule has 6 rings (SSSR count). The van der Waals surface area contributed by atoms with Gasteiger partial charge in [-0.1, -0.05) is 107 Å². The fourth-order valence-electron chi connectivity index (χ4n) is 4.83. The second kappa shape index (κ2) is 13.7. The first-order valence-corrected chi connectivity index (χ1v) is 14.1. The smallest absolute Gasteiger partial charge is 0.423 e. The van der Waals surface area contributed by atoms with Crippen molar-refractivity contribution in [2.75, 3.05) is 26.4 Å². The van der Waals surface area contributed by atoms with Crippen LogP contribution in [0.15, 0.2) is 102 Å². The first-order valence-electron chi connectivity index (χ1n) is 13.3. The molecule has 0 unspecified atom stereocenters. The van der Waals surface area contributed by atoms with Crippen molar-refractivity contribution in [1.29, 1.82) is 0 Å². The molecule has 4 aromatic rings. The zero-order chi connectivity index (χ0) is 29.5. The van der Waals surface area contributed by atoms with Crippen LogP contribution < -0.4 is 5.46 Å². The van der Waals surface area contributed by atoms with E-state index in [1.54, 1.807) is 30.3 Å². The number of hydrogen-bond acceptors (Lipinski definition) is 8. The van der Waals surface area contributed by atoms with Crippen LogP contribution in [0.3, 0.4) is 0 Å². The van der Waals surface area contributed by atoms with E-state index in [1.165, 1.54) is 18.2 Å². The van der Waals surface area contributed by atoms with Crippen molar-refractivity contribution >= 4 is 40.6 Å². The van der Waals surface area contributed by atoms with Crippen molar-refractivity contribution in [2.24, 2.45) is 0 Å². The summed E-state index contributed by atoms with van der Waals surface area (Å²) in [6.07, 6.45) is 0.211. The summed E-state index contributed by atoms with van der Waals surface area (Å²) in [5, 5.41) is 18.4. The Balaban J connectivity index is 0.000000172. The fraction of sp³-hybridized carbons (Fsp3) is 0.188. The minimum absolute atomic E-state index is 0.0248. The summed E-state index contributed by atoms with van der Waals surface area (Å²) in [5.74, 6) is -1.08. The topological polar surface area (TPSA) is 112 Å². The summed E-state index contributed by atoms with van der Waals surface area (Å²) in [7, 11) is -1.79. The van der Waals surface area contributed by atoms with Crippen LogP contribution in [-0.4, -0.2) is 55.7 Å². The zero-order valence-electron chi connectivity index (χ0n) is 22.5. The van der Waals surface area contributed by atoms with Crippen molar-refractivity contribution in [3.63, 3.8) is 0 Å². The first-order chi connectivity index (χ1) is 20.4. The Morgan fingerprint density at radius 1 is 0.786 bits per heavy atom. The number of halogens is 1. The highest BCUT2D eigenvalue weighted by Crippen LogP contribution is 2.41. The Labute approximate surface area is 252 Å². The van der Waals surface area contributed by atoms with Gasteiger partial charge in [0.05, 0.1) is 26.4 Å². The van der Waals surface area contributed by atoms with Gasteiger partial charge >= 0.3 is 7.12 Å². The molecule has 2 saturated heterocycles. The van der Waals surface area contributed by atoms with Crippen LogP contribution >= 0.6 is 15.9 Å². The average Bonchev–Trinajstić information content (AvgIpc) is 3.75. The van der Waals surface area contributed by atoms with E-state index in [4.69, 9.17) is 18.9 Å². The molecule has 214 valence electrons. The molecule has 0 radical (unpaired) electrons. The maximum absolute atomic E-state index is 12.2. The molecule has 2 fully saturated rings. The molecule has 0 atom stereocenters. The van der Waals surface area contributed by atoms with E-state index in [-0.39, 0.29) is 23.1 Å². The molecule has 2 aliphatic rings. The quantitative estimate of drug-likeness (QED) is 0.178. The lowest BCUT2D eigenvalue weighted by Crippen LogP contribution is -2.33. The summed E-state index contributed by atoms with van der Waals surface area (Å²) in [6, 6.07) is 28.9. The normalized spacial score (nSPS) is 16.0. The molecule has 4 aromatic carbocycles. The number of hydrogen-bond donors (Lipinski definition) is 2. The third-order valence-electron chi connectivity index (χ3n) is 6.89. The second-order valence-electron chi connectivity index (χ2n) is 9.52. The molecule has 0 aromatic heterocycles. The number of rotatable bonds is 7. The predicted molar refractivity (Wildman–Crippen MR) is 159 cm³/mol. The maximum atomic E-state index is 12.2. The Morgan fingerprint density at radius 3 is 2.02 bits per heavy atom. The van der Waals surface area contributed by atoms with Gasteiger partial charge in [0.25, 0.3) is 0 Å². The van der Waals surface area contributed by atoms with Crippen molar-refractivity contribution in [3.05, 3.63) is 135 Å². The Bertz CT molecular complexity index is 1520. The Morgan fingerprint density at radius 2 is 1.43 bits per heavy atom. The number of benzene rings is 4. The highest BCUT2D eigenvalue weighted by atomic mass is 79.9. The molecule has 0 amide bonds. The van der Waals surface area contributed by atoms with Gasteiger partial charge in [-0.2, -0.15) is 0 Å². The van der Waals surface area contributed by atoms with Gasteiger partial charge in [0.1, 0.15) is 6.29 Å². The molecule has 0 bridgehead atoms. The zero-order valence-corrected chi connectivity index (χ0v) is 24.1.